The van der Waals surface area contributed by atoms with Gasteiger partial charge in [0.2, 0.25) is 0 Å². The number of nitrogens with zero attached hydrogens (tertiary/aromatic N) is 2. The number of fused-ring (bicyclic) bond motifs is 2. The number of hydrogen-bond acceptors (Lipinski definition) is 3. The summed E-state index contributed by atoms with van der Waals surface area (Å²) in [5.41, 5.74) is 4.07. The fraction of sp³-hybridized carbons (Fsp3) is 0.364. The van der Waals surface area contributed by atoms with Gasteiger partial charge >= 0.3 is 0 Å². The Morgan fingerprint density at radius 2 is 2.04 bits per heavy atom. The topological polar surface area (TPSA) is 52.7 Å². The van der Waals surface area contributed by atoms with Crippen molar-refractivity contribution in [3.8, 4) is 0 Å². The van der Waals surface area contributed by atoms with Crippen LogP contribution >= 0.6 is 0 Å². The van der Waals surface area contributed by atoms with Crippen molar-refractivity contribution in [2.45, 2.75) is 38.8 Å². The molecule has 27 heavy (non-hydrogen) atoms. The fourth-order valence-corrected chi connectivity index (χ4v) is 4.09. The molecule has 2 heterocycles. The summed E-state index contributed by atoms with van der Waals surface area (Å²) in [4.78, 5) is 29.7. The van der Waals surface area contributed by atoms with Gasteiger partial charge in [-0.1, -0.05) is 19.1 Å². The predicted molar refractivity (Wildman–Crippen MR) is 107 cm³/mol. The standard InChI is InChI=1S/C22H25N3O2/c1-3-15-7-6-8-17(13-15)23-21(26)16-10-11-18-19(14-16)24(2)20-9-4-5-12-25(20)22(18)27/h6-8,10-11,13-14,20H,3-5,9,12H2,1-2H3,(H,23,26)/t20-/m1/s1. The van der Waals surface area contributed by atoms with E-state index < -0.39 is 0 Å². The highest BCUT2D eigenvalue weighted by atomic mass is 16.2. The second-order valence-corrected chi connectivity index (χ2v) is 7.33. The first kappa shape index (κ1) is 17.6. The molecule has 1 N–H and O–H groups in total. The summed E-state index contributed by atoms with van der Waals surface area (Å²) in [5, 5.41) is 2.97. The first-order chi connectivity index (χ1) is 13.1. The molecule has 0 radical (unpaired) electrons. The number of hydrogen-bond donors (Lipinski definition) is 1. The Balaban J connectivity index is 1.61. The molecule has 0 aromatic heterocycles. The Hall–Kier alpha value is -2.82. The van der Waals surface area contributed by atoms with Crippen LogP contribution in [0.15, 0.2) is 42.5 Å². The Morgan fingerprint density at radius 1 is 1.19 bits per heavy atom. The van der Waals surface area contributed by atoms with E-state index in [0.29, 0.717) is 11.1 Å². The molecule has 0 unspecified atom stereocenters. The molecule has 1 saturated heterocycles. The second kappa shape index (κ2) is 7.06. The van der Waals surface area contributed by atoms with Crippen LogP contribution < -0.4 is 10.2 Å². The smallest absolute Gasteiger partial charge is 0.257 e. The molecule has 1 atom stereocenters. The molecule has 2 aromatic rings. The summed E-state index contributed by atoms with van der Waals surface area (Å²) in [6.07, 6.45) is 4.18. The van der Waals surface area contributed by atoms with Gasteiger partial charge in [-0.2, -0.15) is 0 Å². The molecule has 2 aromatic carbocycles. The zero-order chi connectivity index (χ0) is 19.0. The number of benzene rings is 2. The van der Waals surface area contributed by atoms with Crippen molar-refractivity contribution in [3.63, 3.8) is 0 Å². The van der Waals surface area contributed by atoms with Crippen LogP contribution in [0.4, 0.5) is 11.4 Å². The van der Waals surface area contributed by atoms with E-state index >= 15 is 0 Å². The molecule has 4 rings (SSSR count). The zero-order valence-electron chi connectivity index (χ0n) is 15.9. The number of amides is 2. The van der Waals surface area contributed by atoms with E-state index in [1.807, 2.05) is 42.3 Å². The van der Waals surface area contributed by atoms with Crippen LogP contribution in [0.3, 0.4) is 0 Å². The molecule has 0 bridgehead atoms. The van der Waals surface area contributed by atoms with Crippen molar-refractivity contribution in [3.05, 3.63) is 59.2 Å². The van der Waals surface area contributed by atoms with Crippen molar-refractivity contribution in [2.24, 2.45) is 0 Å². The van der Waals surface area contributed by atoms with Gasteiger partial charge in [0.05, 0.1) is 11.3 Å². The first-order valence-electron chi connectivity index (χ1n) is 9.66. The zero-order valence-corrected chi connectivity index (χ0v) is 15.9. The lowest BCUT2D eigenvalue weighted by molar-refractivity contribution is 0.0589. The molecule has 5 nitrogen and oxygen atoms in total. The molecule has 5 heteroatoms. The predicted octanol–water partition coefficient (Wildman–Crippen LogP) is 3.90. The lowest BCUT2D eigenvalue weighted by Gasteiger charge is -2.46. The van der Waals surface area contributed by atoms with Crippen LogP contribution in [0, 0.1) is 0 Å². The lowest BCUT2D eigenvalue weighted by Crippen LogP contribution is -2.55. The largest absolute Gasteiger partial charge is 0.354 e. The van der Waals surface area contributed by atoms with Crippen LogP contribution in [-0.4, -0.2) is 36.5 Å². The molecule has 0 saturated carbocycles. The maximum Gasteiger partial charge on any atom is 0.257 e. The van der Waals surface area contributed by atoms with Crippen LogP contribution in [0.5, 0.6) is 0 Å². The maximum atomic E-state index is 12.8. The van der Waals surface area contributed by atoms with Crippen molar-refractivity contribution in [1.29, 1.82) is 0 Å². The third kappa shape index (κ3) is 3.18. The molecule has 1 fully saturated rings. The molecule has 0 aliphatic carbocycles. The minimum Gasteiger partial charge on any atom is -0.354 e. The highest BCUT2D eigenvalue weighted by Gasteiger charge is 2.37. The Morgan fingerprint density at radius 3 is 2.85 bits per heavy atom. The van der Waals surface area contributed by atoms with Crippen molar-refractivity contribution < 1.29 is 9.59 Å². The van der Waals surface area contributed by atoms with E-state index in [0.717, 1.165) is 43.6 Å². The number of carbonyl (C=O) groups is 2. The molecular formula is C22H25N3O2. The maximum absolute atomic E-state index is 12.8. The van der Waals surface area contributed by atoms with Crippen molar-refractivity contribution >= 4 is 23.2 Å². The summed E-state index contributed by atoms with van der Waals surface area (Å²) < 4.78 is 0. The van der Waals surface area contributed by atoms with E-state index in [1.165, 1.54) is 5.56 Å². The molecule has 2 aliphatic rings. The summed E-state index contributed by atoms with van der Waals surface area (Å²) in [6.45, 7) is 2.90. The van der Waals surface area contributed by atoms with Gasteiger partial charge in [-0.25, -0.2) is 0 Å². The van der Waals surface area contributed by atoms with Crippen molar-refractivity contribution in [2.75, 3.05) is 23.8 Å². The summed E-state index contributed by atoms with van der Waals surface area (Å²) in [5.74, 6) is -0.0756. The highest BCUT2D eigenvalue weighted by Crippen LogP contribution is 2.34. The monoisotopic (exact) mass is 363 g/mol. The third-order valence-electron chi connectivity index (χ3n) is 5.64. The van der Waals surface area contributed by atoms with E-state index in [9.17, 15) is 9.59 Å². The van der Waals surface area contributed by atoms with Crippen LogP contribution in [0.2, 0.25) is 0 Å². The van der Waals surface area contributed by atoms with Gasteiger partial charge in [0.25, 0.3) is 11.8 Å². The summed E-state index contributed by atoms with van der Waals surface area (Å²) in [7, 11) is 2.01. The average molecular weight is 363 g/mol. The summed E-state index contributed by atoms with van der Waals surface area (Å²) >= 11 is 0. The Bertz CT molecular complexity index is 893. The Labute approximate surface area is 160 Å². The van der Waals surface area contributed by atoms with Gasteiger partial charge in [-0.3, -0.25) is 9.59 Å². The SMILES string of the molecule is CCc1cccc(NC(=O)c2ccc3c(c2)N(C)[C@H]2CCCCN2C3=O)c1. The summed E-state index contributed by atoms with van der Waals surface area (Å²) in [6, 6.07) is 13.3. The number of rotatable bonds is 3. The van der Waals surface area contributed by atoms with E-state index in [4.69, 9.17) is 0 Å². The van der Waals surface area contributed by atoms with Crippen LogP contribution in [0.25, 0.3) is 0 Å². The molecular weight excluding hydrogens is 338 g/mol. The van der Waals surface area contributed by atoms with Gasteiger partial charge in [-0.05, 0) is 61.6 Å². The van der Waals surface area contributed by atoms with Crippen LogP contribution in [-0.2, 0) is 6.42 Å². The number of anilines is 2. The average Bonchev–Trinajstić information content (AvgIpc) is 2.71. The van der Waals surface area contributed by atoms with Crippen LogP contribution in [0.1, 0.15) is 52.5 Å². The lowest BCUT2D eigenvalue weighted by atomic mass is 9.97. The van der Waals surface area contributed by atoms with Gasteiger partial charge in [0.15, 0.2) is 0 Å². The van der Waals surface area contributed by atoms with E-state index in [-0.39, 0.29) is 18.0 Å². The van der Waals surface area contributed by atoms with Gasteiger partial charge < -0.3 is 15.1 Å². The van der Waals surface area contributed by atoms with Gasteiger partial charge in [0, 0.05) is 24.8 Å². The normalized spacial score (nSPS) is 18.7. The van der Waals surface area contributed by atoms with Crippen molar-refractivity contribution in [1.82, 2.24) is 4.90 Å². The fourth-order valence-electron chi connectivity index (χ4n) is 4.09. The van der Waals surface area contributed by atoms with E-state index in [1.54, 1.807) is 12.1 Å². The minimum atomic E-state index is -0.155. The van der Waals surface area contributed by atoms with Gasteiger partial charge in [-0.15, -0.1) is 0 Å². The number of aryl methyl sites for hydroxylation is 1. The number of nitrogens with one attached hydrogen (secondary N) is 1. The molecule has 0 spiro atoms. The quantitative estimate of drug-likeness (QED) is 0.900. The molecule has 2 aliphatic heterocycles. The Kier molecular flexibility index (Phi) is 4.60. The van der Waals surface area contributed by atoms with E-state index in [2.05, 4.69) is 17.1 Å². The van der Waals surface area contributed by atoms with Gasteiger partial charge in [0.1, 0.15) is 6.17 Å². The first-order valence-corrected chi connectivity index (χ1v) is 9.66. The molecule has 140 valence electrons. The second-order valence-electron chi connectivity index (χ2n) is 7.33. The molecule has 2 amide bonds. The minimum absolute atomic E-state index is 0.0791. The number of carbonyl (C=O) groups excluding carboxylic acids is 2. The third-order valence-corrected chi connectivity index (χ3v) is 5.64. The number of piperidine rings is 1. The highest BCUT2D eigenvalue weighted by molar-refractivity contribution is 6.08.